The Morgan fingerprint density at radius 1 is 1.29 bits per heavy atom. The summed E-state index contributed by atoms with van der Waals surface area (Å²) in [7, 11) is -2.91. The summed E-state index contributed by atoms with van der Waals surface area (Å²) >= 11 is 0. The number of hydrogen-bond acceptors (Lipinski definition) is 10. The molecule has 0 aromatic carbocycles. The molecule has 0 amide bonds. The zero-order chi connectivity index (χ0) is 24.6. The van der Waals surface area contributed by atoms with Gasteiger partial charge < -0.3 is 19.7 Å². The number of anilines is 1. The molecule has 0 aliphatic carbocycles. The van der Waals surface area contributed by atoms with E-state index in [4.69, 9.17) is 24.3 Å². The molecule has 1 unspecified atom stereocenters. The number of nitrogens with two attached hydrogens (primary N) is 1. The highest BCUT2D eigenvalue weighted by molar-refractivity contribution is 7.33. The standard InChI is InChI=1S/C21H33FN5O6P/c1-3-4-5-6-7-8-11-30-16(28)12-31-34(29)32-13-21(2)10-9-15(33-21)27-14-24-17-18(23)25-20(22)26-19(17)27/h14-15,34H,3-13H2,1-2H3,(H2,23,25,26)/t15-,21+/m1/s1. The molecule has 3 rings (SSSR count). The lowest BCUT2D eigenvalue weighted by Crippen LogP contribution is -2.29. The first-order chi connectivity index (χ1) is 16.3. The highest BCUT2D eigenvalue weighted by Gasteiger charge is 2.38. The third kappa shape index (κ3) is 7.43. The Kier molecular flexibility index (Phi) is 9.75. The second-order valence-corrected chi connectivity index (χ2v) is 9.66. The molecule has 0 spiro atoms. The molecule has 1 fully saturated rings. The van der Waals surface area contributed by atoms with E-state index in [1.165, 1.54) is 25.6 Å². The van der Waals surface area contributed by atoms with Crippen molar-refractivity contribution in [2.24, 2.45) is 0 Å². The normalized spacial score (nSPS) is 21.2. The summed E-state index contributed by atoms with van der Waals surface area (Å²) in [6.07, 6.45) is 7.73. The maximum absolute atomic E-state index is 13.6. The Labute approximate surface area is 198 Å². The zero-order valence-electron chi connectivity index (χ0n) is 19.6. The van der Waals surface area contributed by atoms with Gasteiger partial charge in [0.05, 0.1) is 25.1 Å². The summed E-state index contributed by atoms with van der Waals surface area (Å²) in [6.45, 7) is 3.86. The van der Waals surface area contributed by atoms with E-state index in [9.17, 15) is 13.8 Å². The number of nitrogen functional groups attached to an aromatic ring is 1. The number of nitrogens with zero attached hydrogens (tertiary/aromatic N) is 4. The number of unbranched alkanes of at least 4 members (excludes halogenated alkanes) is 5. The van der Waals surface area contributed by atoms with Crippen molar-refractivity contribution in [3.63, 3.8) is 0 Å². The predicted molar refractivity (Wildman–Crippen MR) is 123 cm³/mol. The molecule has 3 atom stereocenters. The topological polar surface area (TPSA) is 141 Å². The molecule has 0 saturated carbocycles. The van der Waals surface area contributed by atoms with Crippen molar-refractivity contribution in [2.75, 3.05) is 25.6 Å². The molecule has 1 aliphatic rings. The molecule has 2 aromatic heterocycles. The van der Waals surface area contributed by atoms with Crippen LogP contribution in [0.25, 0.3) is 11.2 Å². The van der Waals surface area contributed by atoms with E-state index in [-0.39, 0.29) is 23.6 Å². The highest BCUT2D eigenvalue weighted by Crippen LogP contribution is 2.39. The fraction of sp³-hybridized carbons (Fsp3) is 0.714. The number of carbonyl (C=O) groups is 1. The van der Waals surface area contributed by atoms with Crippen LogP contribution >= 0.6 is 8.25 Å². The minimum absolute atomic E-state index is 0.00772. The lowest BCUT2D eigenvalue weighted by Gasteiger charge is -2.24. The van der Waals surface area contributed by atoms with Crippen molar-refractivity contribution in [3.05, 3.63) is 12.4 Å². The van der Waals surface area contributed by atoms with Gasteiger partial charge in [0.15, 0.2) is 23.6 Å². The van der Waals surface area contributed by atoms with Crippen LogP contribution in [0.3, 0.4) is 0 Å². The van der Waals surface area contributed by atoms with Gasteiger partial charge >= 0.3 is 20.3 Å². The van der Waals surface area contributed by atoms with Crippen molar-refractivity contribution >= 4 is 31.2 Å². The van der Waals surface area contributed by atoms with E-state index < -0.39 is 38.7 Å². The number of fused-ring (bicyclic) bond motifs is 1. The number of esters is 1. The number of rotatable bonds is 14. The molecule has 34 heavy (non-hydrogen) atoms. The van der Waals surface area contributed by atoms with Crippen molar-refractivity contribution in [1.82, 2.24) is 19.5 Å². The Bertz CT molecular complexity index is 992. The van der Waals surface area contributed by atoms with Gasteiger partial charge in [0, 0.05) is 0 Å². The second kappa shape index (κ2) is 12.5. The minimum Gasteiger partial charge on any atom is -0.464 e. The molecule has 1 saturated heterocycles. The van der Waals surface area contributed by atoms with E-state index in [1.54, 1.807) is 11.5 Å². The van der Waals surface area contributed by atoms with Crippen LogP contribution in [-0.2, 0) is 27.9 Å². The van der Waals surface area contributed by atoms with E-state index in [2.05, 4.69) is 21.9 Å². The van der Waals surface area contributed by atoms with Gasteiger partial charge in [0.2, 0.25) is 0 Å². The largest absolute Gasteiger partial charge is 0.464 e. The Morgan fingerprint density at radius 3 is 2.85 bits per heavy atom. The number of carbonyl (C=O) groups excluding carboxylic acids is 1. The van der Waals surface area contributed by atoms with Crippen LogP contribution in [0.4, 0.5) is 10.2 Å². The molecule has 2 aromatic rings. The minimum atomic E-state index is -2.91. The van der Waals surface area contributed by atoms with Gasteiger partial charge in [0.1, 0.15) is 6.23 Å². The van der Waals surface area contributed by atoms with Gasteiger partial charge in [-0.1, -0.05) is 39.0 Å². The van der Waals surface area contributed by atoms with Gasteiger partial charge in [-0.3, -0.25) is 13.7 Å². The monoisotopic (exact) mass is 501 g/mol. The average molecular weight is 501 g/mol. The van der Waals surface area contributed by atoms with Gasteiger partial charge in [-0.05, 0) is 26.2 Å². The van der Waals surface area contributed by atoms with Crippen molar-refractivity contribution in [3.8, 4) is 0 Å². The number of hydrogen-bond donors (Lipinski definition) is 1. The molecular weight excluding hydrogens is 468 g/mol. The predicted octanol–water partition coefficient (Wildman–Crippen LogP) is 3.94. The fourth-order valence-electron chi connectivity index (χ4n) is 3.78. The first kappa shape index (κ1) is 26.5. The molecule has 2 N–H and O–H groups in total. The number of imidazole rings is 1. The van der Waals surface area contributed by atoms with Crippen molar-refractivity contribution in [1.29, 1.82) is 0 Å². The van der Waals surface area contributed by atoms with E-state index in [1.807, 2.05) is 0 Å². The van der Waals surface area contributed by atoms with Gasteiger partial charge in [-0.15, -0.1) is 0 Å². The van der Waals surface area contributed by atoms with Gasteiger partial charge in [0.25, 0.3) is 0 Å². The number of ether oxygens (including phenoxy) is 2. The van der Waals surface area contributed by atoms with Crippen LogP contribution in [-0.4, -0.2) is 50.9 Å². The molecule has 190 valence electrons. The summed E-state index contributed by atoms with van der Waals surface area (Å²) < 4.78 is 48.7. The fourth-order valence-corrected chi connectivity index (χ4v) is 4.52. The Hall–Kier alpha value is -2.14. The van der Waals surface area contributed by atoms with E-state index in [0.29, 0.717) is 19.4 Å². The van der Waals surface area contributed by atoms with Crippen molar-refractivity contribution in [2.45, 2.75) is 77.0 Å². The third-order valence-electron chi connectivity index (χ3n) is 5.64. The average Bonchev–Trinajstić information content (AvgIpc) is 3.40. The summed E-state index contributed by atoms with van der Waals surface area (Å²) in [5.74, 6) is -0.619. The molecule has 11 nitrogen and oxygen atoms in total. The van der Waals surface area contributed by atoms with Crippen molar-refractivity contribution < 1.29 is 32.3 Å². The van der Waals surface area contributed by atoms with Crippen LogP contribution in [0.1, 0.15) is 71.4 Å². The summed E-state index contributed by atoms with van der Waals surface area (Å²) in [5, 5.41) is 0. The second-order valence-electron chi connectivity index (χ2n) is 8.58. The van der Waals surface area contributed by atoms with Crippen LogP contribution in [0.15, 0.2) is 6.33 Å². The SMILES string of the molecule is CCCCCCCCOC(=O)CO[PH](=O)OC[C@]1(C)CC[C@H](n2cnc3c(N)nc(F)nc32)O1. The summed E-state index contributed by atoms with van der Waals surface area (Å²) in [6, 6.07) is 0. The third-order valence-corrected chi connectivity index (χ3v) is 6.40. The lowest BCUT2D eigenvalue weighted by atomic mass is 10.0. The first-order valence-corrected chi connectivity index (χ1v) is 12.8. The quantitative estimate of drug-likeness (QED) is 0.175. The van der Waals surface area contributed by atoms with Crippen LogP contribution in [0, 0.1) is 6.08 Å². The van der Waals surface area contributed by atoms with Gasteiger partial charge in [-0.2, -0.15) is 14.4 Å². The smallest absolute Gasteiger partial charge is 0.332 e. The Morgan fingerprint density at radius 2 is 2.06 bits per heavy atom. The number of halogens is 1. The van der Waals surface area contributed by atoms with E-state index >= 15 is 0 Å². The number of aromatic nitrogens is 4. The van der Waals surface area contributed by atoms with Crippen LogP contribution in [0.2, 0.25) is 0 Å². The van der Waals surface area contributed by atoms with Crippen LogP contribution < -0.4 is 5.73 Å². The molecular formula is C21H33FN5O6P. The highest BCUT2D eigenvalue weighted by atomic mass is 31.1. The van der Waals surface area contributed by atoms with Gasteiger partial charge in [-0.25, -0.2) is 9.78 Å². The van der Waals surface area contributed by atoms with E-state index in [0.717, 1.165) is 19.3 Å². The maximum Gasteiger partial charge on any atom is 0.332 e. The molecule has 0 bridgehead atoms. The summed E-state index contributed by atoms with van der Waals surface area (Å²) in [5.41, 5.74) is 5.46. The summed E-state index contributed by atoms with van der Waals surface area (Å²) in [4.78, 5) is 23.1. The lowest BCUT2D eigenvalue weighted by molar-refractivity contribution is -0.146. The first-order valence-electron chi connectivity index (χ1n) is 11.6. The molecule has 0 radical (unpaired) electrons. The zero-order valence-corrected chi connectivity index (χ0v) is 20.6. The Balaban J connectivity index is 1.37. The maximum atomic E-state index is 13.6. The van der Waals surface area contributed by atoms with Crippen LogP contribution in [0.5, 0.6) is 0 Å². The molecule has 3 heterocycles. The molecule has 1 aliphatic heterocycles. The molecule has 13 heteroatoms.